The van der Waals surface area contributed by atoms with Crippen molar-refractivity contribution in [1.82, 2.24) is 0 Å². The Morgan fingerprint density at radius 2 is 2.05 bits per heavy atom. The lowest BCUT2D eigenvalue weighted by Crippen LogP contribution is -2.31. The van der Waals surface area contributed by atoms with Crippen LogP contribution < -0.4 is 15.2 Å². The second-order valence-electron chi connectivity index (χ2n) is 4.08. The Morgan fingerprint density at radius 3 is 2.70 bits per heavy atom. The number of rotatable bonds is 4. The van der Waals surface area contributed by atoms with Crippen LogP contribution in [0.2, 0.25) is 0 Å². The van der Waals surface area contributed by atoms with E-state index in [0.717, 1.165) is 0 Å². The number of carbonyl (C=O) groups is 1. The van der Waals surface area contributed by atoms with Crippen molar-refractivity contribution in [2.24, 2.45) is 5.73 Å². The van der Waals surface area contributed by atoms with Gasteiger partial charge in [0.25, 0.3) is 0 Å². The molecule has 0 aliphatic carbocycles. The molecular formula is C13H17ClFNO4. The lowest BCUT2D eigenvalue weighted by Gasteiger charge is -2.21. The molecule has 2 rings (SSSR count). The van der Waals surface area contributed by atoms with Crippen LogP contribution in [-0.2, 0) is 9.53 Å². The summed E-state index contributed by atoms with van der Waals surface area (Å²) in [5, 5.41) is 0. The van der Waals surface area contributed by atoms with Gasteiger partial charge in [-0.1, -0.05) is 6.07 Å². The Kier molecular flexibility index (Phi) is 6.04. The molecule has 2 atom stereocenters. The van der Waals surface area contributed by atoms with E-state index in [1.807, 2.05) is 0 Å². The van der Waals surface area contributed by atoms with Crippen LogP contribution in [-0.4, -0.2) is 32.0 Å². The van der Waals surface area contributed by atoms with Crippen LogP contribution >= 0.6 is 12.4 Å². The molecule has 1 aromatic rings. The summed E-state index contributed by atoms with van der Waals surface area (Å²) in [6, 6.07) is 3.77. The number of carbonyl (C=O) groups excluding carboxylic acids is 1. The summed E-state index contributed by atoms with van der Waals surface area (Å²) in [7, 11) is 0. The first kappa shape index (κ1) is 16.5. The third-order valence-corrected chi connectivity index (χ3v) is 2.78. The fourth-order valence-corrected chi connectivity index (χ4v) is 1.80. The normalized spacial score (nSPS) is 15.8. The summed E-state index contributed by atoms with van der Waals surface area (Å²) >= 11 is 0. The second kappa shape index (κ2) is 7.31. The van der Waals surface area contributed by atoms with E-state index < -0.39 is 18.2 Å². The quantitative estimate of drug-likeness (QED) is 0.859. The highest BCUT2D eigenvalue weighted by molar-refractivity contribution is 5.85. The lowest BCUT2D eigenvalue weighted by molar-refractivity contribution is -0.149. The van der Waals surface area contributed by atoms with Crippen molar-refractivity contribution in [3.05, 3.63) is 23.8 Å². The monoisotopic (exact) mass is 305 g/mol. The molecule has 1 aliphatic heterocycles. The standard InChI is InChI=1S/C13H16FNO4.ClH/c1-2-17-13(16)11(14)12(15)8-3-4-9-10(7-8)19-6-5-18-9;/h3-4,7,11-12H,2,5-6,15H2,1H3;1H/t11?,12-;/m1./s1. The van der Waals surface area contributed by atoms with Crippen molar-refractivity contribution >= 4 is 18.4 Å². The van der Waals surface area contributed by atoms with E-state index in [1.54, 1.807) is 25.1 Å². The number of benzene rings is 1. The van der Waals surface area contributed by atoms with Crippen LogP contribution in [0.5, 0.6) is 11.5 Å². The maximum atomic E-state index is 13.8. The Balaban J connectivity index is 0.00000200. The van der Waals surface area contributed by atoms with Gasteiger partial charge in [0.1, 0.15) is 13.2 Å². The van der Waals surface area contributed by atoms with E-state index in [2.05, 4.69) is 4.74 Å². The molecule has 20 heavy (non-hydrogen) atoms. The Bertz CT molecular complexity index is 472. The van der Waals surface area contributed by atoms with Gasteiger partial charge < -0.3 is 19.9 Å². The molecule has 1 unspecified atom stereocenters. The minimum atomic E-state index is -1.90. The number of alkyl halides is 1. The predicted octanol–water partition coefficient (Wildman–Crippen LogP) is 1.78. The molecule has 0 bridgehead atoms. The van der Waals surface area contributed by atoms with Gasteiger partial charge in [0, 0.05) is 0 Å². The zero-order valence-electron chi connectivity index (χ0n) is 11.0. The first-order valence-corrected chi connectivity index (χ1v) is 6.09. The van der Waals surface area contributed by atoms with Gasteiger partial charge in [-0.3, -0.25) is 0 Å². The molecule has 0 saturated carbocycles. The van der Waals surface area contributed by atoms with Gasteiger partial charge in [0.2, 0.25) is 6.17 Å². The summed E-state index contributed by atoms with van der Waals surface area (Å²) in [4.78, 5) is 11.3. The molecule has 5 nitrogen and oxygen atoms in total. The molecule has 2 N–H and O–H groups in total. The third kappa shape index (κ3) is 3.52. The van der Waals surface area contributed by atoms with E-state index in [-0.39, 0.29) is 19.0 Å². The second-order valence-corrected chi connectivity index (χ2v) is 4.08. The van der Waals surface area contributed by atoms with E-state index in [0.29, 0.717) is 30.3 Å². The van der Waals surface area contributed by atoms with Crippen molar-refractivity contribution in [1.29, 1.82) is 0 Å². The van der Waals surface area contributed by atoms with Gasteiger partial charge in [0.15, 0.2) is 11.5 Å². The maximum absolute atomic E-state index is 13.8. The van der Waals surface area contributed by atoms with Gasteiger partial charge in [-0.05, 0) is 24.6 Å². The van der Waals surface area contributed by atoms with Crippen molar-refractivity contribution < 1.29 is 23.4 Å². The Hall–Kier alpha value is -1.53. The van der Waals surface area contributed by atoms with E-state index in [9.17, 15) is 9.18 Å². The van der Waals surface area contributed by atoms with E-state index in [1.165, 1.54) is 0 Å². The summed E-state index contributed by atoms with van der Waals surface area (Å²) in [5.41, 5.74) is 6.19. The van der Waals surface area contributed by atoms with Crippen LogP contribution in [0.1, 0.15) is 18.5 Å². The Morgan fingerprint density at radius 1 is 1.40 bits per heavy atom. The first-order chi connectivity index (χ1) is 9.13. The number of fused-ring (bicyclic) bond motifs is 1. The maximum Gasteiger partial charge on any atom is 0.342 e. The molecule has 112 valence electrons. The predicted molar refractivity (Wildman–Crippen MR) is 73.1 cm³/mol. The van der Waals surface area contributed by atoms with Crippen molar-refractivity contribution in [3.63, 3.8) is 0 Å². The van der Waals surface area contributed by atoms with Gasteiger partial charge in [-0.2, -0.15) is 0 Å². The molecule has 7 heteroatoms. The van der Waals surface area contributed by atoms with Gasteiger partial charge in [-0.25, -0.2) is 9.18 Å². The molecular weight excluding hydrogens is 289 g/mol. The average Bonchev–Trinajstić information content (AvgIpc) is 2.45. The third-order valence-electron chi connectivity index (χ3n) is 2.78. The SMILES string of the molecule is CCOC(=O)C(F)[C@H](N)c1ccc2c(c1)OCCO2.Cl. The highest BCUT2D eigenvalue weighted by Gasteiger charge is 2.28. The molecule has 1 aliphatic rings. The minimum Gasteiger partial charge on any atom is -0.486 e. The molecule has 0 aromatic heterocycles. The summed E-state index contributed by atoms with van der Waals surface area (Å²) in [6.07, 6.45) is -1.90. The van der Waals surface area contributed by atoms with Crippen LogP contribution in [0.25, 0.3) is 0 Å². The Labute approximate surface area is 122 Å². The van der Waals surface area contributed by atoms with Crippen LogP contribution in [0.15, 0.2) is 18.2 Å². The number of esters is 1. The number of hydrogen-bond donors (Lipinski definition) is 1. The average molecular weight is 306 g/mol. The zero-order chi connectivity index (χ0) is 13.8. The summed E-state index contributed by atoms with van der Waals surface area (Å²) < 4.78 is 29.2. The number of halogens is 2. The molecule has 0 spiro atoms. The lowest BCUT2D eigenvalue weighted by atomic mass is 10.0. The van der Waals surface area contributed by atoms with E-state index >= 15 is 0 Å². The summed E-state index contributed by atoms with van der Waals surface area (Å²) in [6.45, 7) is 2.64. The van der Waals surface area contributed by atoms with Crippen molar-refractivity contribution in [2.75, 3.05) is 19.8 Å². The molecule has 1 heterocycles. The minimum absolute atomic E-state index is 0. The van der Waals surface area contributed by atoms with Crippen LogP contribution in [0.3, 0.4) is 0 Å². The zero-order valence-corrected chi connectivity index (χ0v) is 11.8. The van der Waals surface area contributed by atoms with Gasteiger partial charge in [-0.15, -0.1) is 12.4 Å². The fourth-order valence-electron chi connectivity index (χ4n) is 1.80. The van der Waals surface area contributed by atoms with Gasteiger partial charge in [0.05, 0.1) is 12.6 Å². The molecule has 0 amide bonds. The van der Waals surface area contributed by atoms with Crippen LogP contribution in [0.4, 0.5) is 4.39 Å². The van der Waals surface area contributed by atoms with Gasteiger partial charge >= 0.3 is 5.97 Å². The van der Waals surface area contributed by atoms with Crippen molar-refractivity contribution in [3.8, 4) is 11.5 Å². The smallest absolute Gasteiger partial charge is 0.342 e. The number of nitrogens with two attached hydrogens (primary N) is 1. The van der Waals surface area contributed by atoms with E-state index in [4.69, 9.17) is 15.2 Å². The van der Waals surface area contributed by atoms with Crippen LogP contribution in [0, 0.1) is 0 Å². The summed E-state index contributed by atoms with van der Waals surface area (Å²) in [5.74, 6) is 0.147. The largest absolute Gasteiger partial charge is 0.486 e. The fraction of sp³-hybridized carbons (Fsp3) is 0.462. The topological polar surface area (TPSA) is 70.8 Å². The first-order valence-electron chi connectivity index (χ1n) is 6.09. The molecule has 0 saturated heterocycles. The highest BCUT2D eigenvalue weighted by atomic mass is 35.5. The number of ether oxygens (including phenoxy) is 3. The molecule has 0 fully saturated rings. The number of hydrogen-bond acceptors (Lipinski definition) is 5. The van der Waals surface area contributed by atoms with Crippen molar-refractivity contribution in [2.45, 2.75) is 19.1 Å². The molecule has 1 aromatic carbocycles. The molecule has 0 radical (unpaired) electrons. The highest BCUT2D eigenvalue weighted by Crippen LogP contribution is 2.33.